The number of non-ortho nitro benzene ring substituents is 1. The van der Waals surface area contributed by atoms with Crippen molar-refractivity contribution < 1.29 is 28.3 Å². The second-order valence-corrected chi connectivity index (χ2v) is 14.2. The molecule has 13 heteroatoms. The predicted molar refractivity (Wildman–Crippen MR) is 221 cm³/mol. The Morgan fingerprint density at radius 2 is 1.79 bits per heavy atom. The van der Waals surface area contributed by atoms with Gasteiger partial charge in [0.05, 0.1) is 41.3 Å². The molecule has 2 saturated heterocycles. The molecule has 300 valence electrons. The molecule has 0 spiro atoms. The Labute approximate surface area is 333 Å². The van der Waals surface area contributed by atoms with Crippen LogP contribution in [0.2, 0.25) is 0 Å². The Morgan fingerprint density at radius 3 is 2.42 bits per heavy atom. The van der Waals surface area contributed by atoms with Crippen molar-refractivity contribution in [1.82, 2.24) is 19.9 Å². The minimum absolute atomic E-state index is 0.0748. The fourth-order valence-electron chi connectivity index (χ4n) is 7.86. The highest BCUT2D eigenvalue weighted by Crippen LogP contribution is 2.37. The van der Waals surface area contributed by atoms with Gasteiger partial charge in [-0.25, -0.2) is 4.39 Å². The zero-order valence-electron chi connectivity index (χ0n) is 33.5. The fourth-order valence-corrected chi connectivity index (χ4v) is 7.86. The molecule has 57 heavy (non-hydrogen) atoms. The van der Waals surface area contributed by atoms with Crippen molar-refractivity contribution in [3.8, 4) is 35.4 Å². The highest BCUT2D eigenvalue weighted by molar-refractivity contribution is 6.03. The van der Waals surface area contributed by atoms with Gasteiger partial charge in [-0.05, 0) is 75.1 Å². The number of terminal acetylenes is 1. The molecule has 0 radical (unpaired) electrons. The number of benzene rings is 3. The average molecular weight is 779 g/mol. The van der Waals surface area contributed by atoms with Crippen LogP contribution in [0.15, 0.2) is 60.8 Å². The lowest BCUT2D eigenvalue weighted by molar-refractivity contribution is -0.384. The number of nitrogens with zero attached hydrogens (tertiary/aromatic N) is 6. The Bertz CT molecular complexity index is 2210. The number of aromatic nitrogens is 3. The van der Waals surface area contributed by atoms with Crippen molar-refractivity contribution in [3.63, 3.8) is 0 Å². The third-order valence-corrected chi connectivity index (χ3v) is 10.7. The number of halogens is 1. The van der Waals surface area contributed by atoms with E-state index in [0.29, 0.717) is 53.9 Å². The van der Waals surface area contributed by atoms with E-state index in [2.05, 4.69) is 46.5 Å². The zero-order chi connectivity index (χ0) is 41.1. The Morgan fingerprint density at radius 1 is 1.04 bits per heavy atom. The third kappa shape index (κ3) is 9.75. The monoisotopic (exact) mass is 778 g/mol. The molecule has 0 amide bonds. The second kappa shape index (κ2) is 19.8. The van der Waals surface area contributed by atoms with Crippen molar-refractivity contribution >= 4 is 39.7 Å². The van der Waals surface area contributed by atoms with E-state index in [9.17, 15) is 19.3 Å². The molecule has 2 aliphatic heterocycles. The van der Waals surface area contributed by atoms with Crippen molar-refractivity contribution in [3.05, 3.63) is 87.9 Å². The van der Waals surface area contributed by atoms with Crippen LogP contribution in [0.4, 0.5) is 15.9 Å². The lowest BCUT2D eigenvalue weighted by atomic mass is 9.94. The number of nitro benzene ring substituents is 1. The van der Waals surface area contributed by atoms with Gasteiger partial charge in [0.2, 0.25) is 0 Å². The molecule has 3 unspecified atom stereocenters. The maximum atomic E-state index is 14.6. The summed E-state index contributed by atoms with van der Waals surface area (Å²) in [5, 5.41) is 12.6. The summed E-state index contributed by atoms with van der Waals surface area (Å²) in [6.07, 6.45) is 13.5. The average Bonchev–Trinajstić information content (AvgIpc) is 3.65. The molecule has 3 atom stereocenters. The summed E-state index contributed by atoms with van der Waals surface area (Å²) < 4.78 is 29.7. The summed E-state index contributed by atoms with van der Waals surface area (Å²) in [6.45, 7) is 12.7. The Hall–Kier alpha value is -5.87. The lowest BCUT2D eigenvalue weighted by Gasteiger charge is -2.32. The number of fused-ring (bicyclic) bond motifs is 2. The SMILES string of the molecule is C#Cc1c(F)ccc2cccc(-c3ncc4c(N5CCCC(C)C5)nc(OC)nc4c3C)c12.CCC1CCC(COC=O)N1CC.COc1ccc([N+](=O)[O-])cc1. The maximum absolute atomic E-state index is 14.6. The number of likely N-dealkylation sites (N-methyl/N-ethyl adjacent to an activating group) is 1. The number of nitro groups is 1. The van der Waals surface area contributed by atoms with E-state index in [4.69, 9.17) is 25.6 Å². The van der Waals surface area contributed by atoms with Gasteiger partial charge >= 0.3 is 6.01 Å². The van der Waals surface area contributed by atoms with Crippen LogP contribution in [0, 0.1) is 41.1 Å². The number of carbonyl (C=O) groups is 1. The number of hydrogen-bond donors (Lipinski definition) is 0. The minimum Gasteiger partial charge on any atom is -0.497 e. The van der Waals surface area contributed by atoms with Crippen LogP contribution >= 0.6 is 0 Å². The quantitative estimate of drug-likeness (QED) is 0.0585. The van der Waals surface area contributed by atoms with Crippen LogP contribution in [-0.2, 0) is 9.53 Å². The predicted octanol–water partition coefficient (Wildman–Crippen LogP) is 8.54. The van der Waals surface area contributed by atoms with Crippen LogP contribution in [0.5, 0.6) is 11.8 Å². The van der Waals surface area contributed by atoms with E-state index in [-0.39, 0.29) is 11.3 Å². The smallest absolute Gasteiger partial charge is 0.318 e. The van der Waals surface area contributed by atoms with E-state index in [1.165, 1.54) is 51.0 Å². The summed E-state index contributed by atoms with van der Waals surface area (Å²) in [5.74, 6) is 4.17. The standard InChI is InChI=1S/C27H25FN4O.C10H19NO2.C7H7NO3/c1-5-19-22(28)12-11-18-9-6-10-20(23(18)19)24-17(3)25-21(14-29-24)26(31-27(30-25)33-4)32-13-7-8-16(2)15-32;1-3-9-5-6-10(7-13-8-12)11(9)4-2;1-11-7-4-2-6(3-5-7)8(9)10/h1,6,9-12,14,16H,7-8,13,15H2,2-4H3;8-10H,3-7H2,1-2H3;2-5H,1H3. The highest BCUT2D eigenvalue weighted by Gasteiger charge is 2.31. The number of ether oxygens (including phenoxy) is 3. The van der Waals surface area contributed by atoms with Crippen LogP contribution in [-0.4, -0.2) is 83.8 Å². The molecular formula is C44H51FN6O6. The third-order valence-electron chi connectivity index (χ3n) is 10.7. The topological polar surface area (TPSA) is 133 Å². The molecule has 2 aliphatic rings. The maximum Gasteiger partial charge on any atom is 0.318 e. The first-order valence-electron chi connectivity index (χ1n) is 19.3. The van der Waals surface area contributed by atoms with E-state index >= 15 is 0 Å². The van der Waals surface area contributed by atoms with Crippen LogP contribution in [0.25, 0.3) is 32.9 Å². The molecule has 2 fully saturated rings. The van der Waals surface area contributed by atoms with Gasteiger partial charge < -0.3 is 19.1 Å². The first-order valence-corrected chi connectivity index (χ1v) is 19.3. The molecule has 12 nitrogen and oxygen atoms in total. The largest absolute Gasteiger partial charge is 0.497 e. The zero-order valence-corrected chi connectivity index (χ0v) is 33.5. The molecule has 7 rings (SSSR count). The van der Waals surface area contributed by atoms with Crippen LogP contribution < -0.4 is 14.4 Å². The Balaban J connectivity index is 0.000000211. The minimum atomic E-state index is -0.445. The van der Waals surface area contributed by atoms with Gasteiger partial charge in [-0.3, -0.25) is 24.8 Å². The van der Waals surface area contributed by atoms with Crippen molar-refractivity contribution in [1.29, 1.82) is 0 Å². The summed E-state index contributed by atoms with van der Waals surface area (Å²) in [5.41, 5.74) is 3.47. The number of likely N-dealkylation sites (tertiary alicyclic amines) is 1. The summed E-state index contributed by atoms with van der Waals surface area (Å²) in [7, 11) is 3.09. The number of piperidine rings is 1. The molecule has 2 aromatic heterocycles. The molecule has 0 aliphatic carbocycles. The molecular weight excluding hydrogens is 728 g/mol. The number of hydrogen-bond acceptors (Lipinski definition) is 11. The first-order chi connectivity index (χ1) is 27.6. The molecule has 3 aromatic carbocycles. The van der Waals surface area contributed by atoms with Gasteiger partial charge in [-0.1, -0.05) is 51.0 Å². The summed E-state index contributed by atoms with van der Waals surface area (Å²) in [6, 6.07) is 16.3. The molecule has 0 N–H and O–H groups in total. The molecule has 0 saturated carbocycles. The van der Waals surface area contributed by atoms with E-state index in [1.54, 1.807) is 25.3 Å². The summed E-state index contributed by atoms with van der Waals surface area (Å²) >= 11 is 0. The van der Waals surface area contributed by atoms with E-state index in [0.717, 1.165) is 59.3 Å². The van der Waals surface area contributed by atoms with Gasteiger partial charge in [0, 0.05) is 60.0 Å². The van der Waals surface area contributed by atoms with Crippen molar-refractivity contribution in [2.24, 2.45) is 5.92 Å². The van der Waals surface area contributed by atoms with E-state index < -0.39 is 10.7 Å². The van der Waals surface area contributed by atoms with Crippen molar-refractivity contribution in [2.45, 2.75) is 71.9 Å². The van der Waals surface area contributed by atoms with Crippen LogP contribution in [0.3, 0.4) is 0 Å². The molecule has 0 bridgehead atoms. The van der Waals surface area contributed by atoms with Gasteiger partial charge in [0.1, 0.15) is 24.0 Å². The van der Waals surface area contributed by atoms with E-state index in [1.807, 2.05) is 31.3 Å². The highest BCUT2D eigenvalue weighted by atomic mass is 19.1. The number of rotatable bonds is 10. The normalized spacial score (nSPS) is 17.8. The van der Waals surface area contributed by atoms with Gasteiger partial charge in [-0.2, -0.15) is 9.97 Å². The number of anilines is 1. The molecule has 5 aromatic rings. The second-order valence-electron chi connectivity index (χ2n) is 14.2. The van der Waals surface area contributed by atoms with Gasteiger partial charge in [0.15, 0.2) is 0 Å². The number of methoxy groups -OCH3 is 2. The van der Waals surface area contributed by atoms with Crippen LogP contribution in [0.1, 0.15) is 64.0 Å². The first kappa shape index (κ1) is 42.3. The molecule has 4 heterocycles. The lowest BCUT2D eigenvalue weighted by Crippen LogP contribution is -2.38. The summed E-state index contributed by atoms with van der Waals surface area (Å²) in [4.78, 5) is 38.7. The Kier molecular flexibility index (Phi) is 14.7. The van der Waals surface area contributed by atoms with Gasteiger partial charge in [0.25, 0.3) is 12.2 Å². The number of aryl methyl sites for hydroxylation is 1. The number of pyridine rings is 1. The number of carbonyl (C=O) groups excluding carboxylic acids is 1. The fraction of sp³-hybridized carbons (Fsp3) is 0.409. The van der Waals surface area contributed by atoms with Crippen molar-refractivity contribution in [2.75, 3.05) is 45.4 Å². The van der Waals surface area contributed by atoms with Gasteiger partial charge in [-0.15, -0.1) is 6.42 Å².